The summed E-state index contributed by atoms with van der Waals surface area (Å²) in [6.45, 7) is 0. The van der Waals surface area contributed by atoms with Gasteiger partial charge in [0.1, 0.15) is 4.90 Å². The summed E-state index contributed by atoms with van der Waals surface area (Å²) in [5.74, 6) is 4.60. The standard InChI is InChI=1S/C21H16ClN3O3S/c22-16-10-7-13(8-11-16)6-9-15-12-17(14-4-2-1-3-5-14)19(23)18(21(24)26)20(15)29(25,27)28/h1-5,7-8,10-12H,23H2,(H2,24,26)(H2,25,27,28). The first kappa shape index (κ1) is 20.4. The van der Waals surface area contributed by atoms with Crippen molar-refractivity contribution in [3.8, 4) is 23.0 Å². The molecule has 0 radical (unpaired) electrons. The number of halogens is 1. The Bertz CT molecular complexity index is 1260. The Morgan fingerprint density at radius 3 is 2.14 bits per heavy atom. The van der Waals surface area contributed by atoms with Crippen LogP contribution in [0.5, 0.6) is 0 Å². The molecule has 0 saturated heterocycles. The highest BCUT2D eigenvalue weighted by atomic mass is 35.5. The molecule has 0 atom stereocenters. The second-order valence-electron chi connectivity index (χ2n) is 6.12. The van der Waals surface area contributed by atoms with Gasteiger partial charge < -0.3 is 11.5 Å². The zero-order chi connectivity index (χ0) is 21.2. The molecule has 3 aromatic carbocycles. The highest BCUT2D eigenvalue weighted by molar-refractivity contribution is 7.89. The van der Waals surface area contributed by atoms with Crippen LogP contribution >= 0.6 is 11.6 Å². The van der Waals surface area contributed by atoms with Crippen LogP contribution in [0.2, 0.25) is 5.02 Å². The van der Waals surface area contributed by atoms with Crippen LogP contribution in [0.15, 0.2) is 65.6 Å². The van der Waals surface area contributed by atoms with Crippen LogP contribution in [0.4, 0.5) is 5.69 Å². The molecule has 6 nitrogen and oxygen atoms in total. The van der Waals surface area contributed by atoms with Crippen molar-refractivity contribution in [3.05, 3.63) is 82.4 Å². The number of hydrogen-bond acceptors (Lipinski definition) is 4. The van der Waals surface area contributed by atoms with Gasteiger partial charge in [-0.1, -0.05) is 53.8 Å². The van der Waals surface area contributed by atoms with Crippen LogP contribution in [0.3, 0.4) is 0 Å². The summed E-state index contributed by atoms with van der Waals surface area (Å²) in [5.41, 5.74) is 12.8. The maximum absolute atomic E-state index is 12.3. The highest BCUT2D eigenvalue weighted by Crippen LogP contribution is 2.34. The van der Waals surface area contributed by atoms with Gasteiger partial charge in [0, 0.05) is 21.7 Å². The molecule has 0 aromatic heterocycles. The molecular weight excluding hydrogens is 410 g/mol. The lowest BCUT2D eigenvalue weighted by Gasteiger charge is -2.15. The van der Waals surface area contributed by atoms with E-state index in [1.165, 1.54) is 6.07 Å². The molecular formula is C21H16ClN3O3S. The molecule has 0 aliphatic heterocycles. The second kappa shape index (κ2) is 7.97. The molecule has 0 saturated carbocycles. The summed E-state index contributed by atoms with van der Waals surface area (Å²) < 4.78 is 24.5. The first-order chi connectivity index (χ1) is 13.7. The van der Waals surface area contributed by atoms with E-state index in [-0.39, 0.29) is 16.8 Å². The number of rotatable bonds is 3. The molecule has 0 unspecified atom stereocenters. The lowest BCUT2D eigenvalue weighted by atomic mass is 9.96. The van der Waals surface area contributed by atoms with Crippen molar-refractivity contribution in [2.45, 2.75) is 4.90 Å². The van der Waals surface area contributed by atoms with Crippen molar-refractivity contribution >= 4 is 33.2 Å². The maximum atomic E-state index is 12.3. The average Bonchev–Trinajstić information content (AvgIpc) is 2.67. The number of primary amides is 1. The van der Waals surface area contributed by atoms with Crippen molar-refractivity contribution in [2.75, 3.05) is 5.73 Å². The second-order valence-corrected chi connectivity index (χ2v) is 8.06. The molecule has 0 aliphatic rings. The highest BCUT2D eigenvalue weighted by Gasteiger charge is 2.27. The Morgan fingerprint density at radius 1 is 0.966 bits per heavy atom. The van der Waals surface area contributed by atoms with Gasteiger partial charge in [0.25, 0.3) is 5.91 Å². The van der Waals surface area contributed by atoms with Gasteiger partial charge in [0.15, 0.2) is 0 Å². The molecule has 3 aromatic rings. The monoisotopic (exact) mass is 425 g/mol. The quantitative estimate of drug-likeness (QED) is 0.440. The predicted octanol–water partition coefficient (Wildman–Crippen LogP) is 2.74. The van der Waals surface area contributed by atoms with Gasteiger partial charge in [-0.2, -0.15) is 0 Å². The number of sulfonamides is 1. The Labute approximate surface area is 173 Å². The zero-order valence-corrected chi connectivity index (χ0v) is 16.6. The van der Waals surface area contributed by atoms with Crippen molar-refractivity contribution in [1.82, 2.24) is 0 Å². The molecule has 1 amide bonds. The Hall–Kier alpha value is -3.31. The van der Waals surface area contributed by atoms with Crippen LogP contribution in [-0.2, 0) is 10.0 Å². The summed E-state index contributed by atoms with van der Waals surface area (Å²) in [6, 6.07) is 17.1. The van der Waals surface area contributed by atoms with Crippen molar-refractivity contribution in [1.29, 1.82) is 0 Å². The fourth-order valence-corrected chi connectivity index (χ4v) is 3.88. The molecule has 0 bridgehead atoms. The number of nitrogen functional groups attached to an aromatic ring is 1. The normalized spacial score (nSPS) is 10.8. The molecule has 0 aliphatic carbocycles. The number of carbonyl (C=O) groups is 1. The van der Waals surface area contributed by atoms with Gasteiger partial charge in [-0.3, -0.25) is 4.79 Å². The van der Waals surface area contributed by atoms with E-state index in [1.807, 2.05) is 6.07 Å². The van der Waals surface area contributed by atoms with E-state index in [9.17, 15) is 13.2 Å². The molecule has 8 heteroatoms. The third kappa shape index (κ3) is 4.41. The van der Waals surface area contributed by atoms with Crippen LogP contribution in [0, 0.1) is 11.8 Å². The van der Waals surface area contributed by atoms with E-state index < -0.39 is 20.8 Å². The van der Waals surface area contributed by atoms with Crippen molar-refractivity contribution in [2.24, 2.45) is 10.9 Å². The summed E-state index contributed by atoms with van der Waals surface area (Å²) >= 11 is 5.87. The number of nitrogens with two attached hydrogens (primary N) is 3. The van der Waals surface area contributed by atoms with Crippen LogP contribution in [0.1, 0.15) is 21.5 Å². The first-order valence-corrected chi connectivity index (χ1v) is 10.2. The number of benzene rings is 3. The van der Waals surface area contributed by atoms with Crippen LogP contribution in [-0.4, -0.2) is 14.3 Å². The molecule has 6 N–H and O–H groups in total. The summed E-state index contributed by atoms with van der Waals surface area (Å²) in [6.07, 6.45) is 0. The number of primary sulfonamides is 1. The fraction of sp³-hybridized carbons (Fsp3) is 0. The molecule has 0 heterocycles. The smallest absolute Gasteiger partial charge is 0.252 e. The van der Waals surface area contributed by atoms with Gasteiger partial charge in [-0.05, 0) is 35.9 Å². The van der Waals surface area contributed by atoms with Crippen molar-refractivity contribution in [3.63, 3.8) is 0 Å². The molecule has 29 heavy (non-hydrogen) atoms. The predicted molar refractivity (Wildman–Crippen MR) is 114 cm³/mol. The maximum Gasteiger partial charge on any atom is 0.252 e. The minimum atomic E-state index is -4.35. The molecule has 0 fully saturated rings. The Kier molecular flexibility index (Phi) is 5.62. The zero-order valence-electron chi connectivity index (χ0n) is 15.0. The van der Waals surface area contributed by atoms with Gasteiger partial charge in [0.05, 0.1) is 11.3 Å². The largest absolute Gasteiger partial charge is 0.398 e. The fourth-order valence-electron chi connectivity index (χ4n) is 2.84. The van der Waals surface area contributed by atoms with Gasteiger partial charge in [-0.25, -0.2) is 13.6 Å². The minimum Gasteiger partial charge on any atom is -0.398 e. The third-order valence-corrected chi connectivity index (χ3v) is 5.37. The van der Waals surface area contributed by atoms with E-state index in [4.69, 9.17) is 28.2 Å². The van der Waals surface area contributed by atoms with E-state index in [0.29, 0.717) is 21.7 Å². The van der Waals surface area contributed by atoms with Crippen LogP contribution in [0.25, 0.3) is 11.1 Å². The first-order valence-electron chi connectivity index (χ1n) is 8.30. The van der Waals surface area contributed by atoms with Gasteiger partial charge in [-0.15, -0.1) is 0 Å². The lowest BCUT2D eigenvalue weighted by molar-refractivity contribution is 0.0998. The molecule has 146 valence electrons. The van der Waals surface area contributed by atoms with Gasteiger partial charge >= 0.3 is 0 Å². The van der Waals surface area contributed by atoms with E-state index in [1.54, 1.807) is 48.5 Å². The topological polar surface area (TPSA) is 129 Å². The Morgan fingerprint density at radius 2 is 1.59 bits per heavy atom. The summed E-state index contributed by atoms with van der Waals surface area (Å²) in [5, 5.41) is 5.90. The summed E-state index contributed by atoms with van der Waals surface area (Å²) in [7, 11) is -4.35. The molecule has 0 spiro atoms. The number of anilines is 1. The van der Waals surface area contributed by atoms with E-state index >= 15 is 0 Å². The van der Waals surface area contributed by atoms with Crippen LogP contribution < -0.4 is 16.6 Å². The number of amides is 1. The summed E-state index contributed by atoms with van der Waals surface area (Å²) in [4.78, 5) is 11.6. The lowest BCUT2D eigenvalue weighted by Crippen LogP contribution is -2.24. The SMILES string of the molecule is NC(=O)c1c(N)c(-c2ccccc2)cc(C#Cc2ccc(Cl)cc2)c1S(N)(=O)=O. The number of carbonyl (C=O) groups excluding carboxylic acids is 1. The molecule has 3 rings (SSSR count). The van der Waals surface area contributed by atoms with Crippen molar-refractivity contribution < 1.29 is 13.2 Å². The minimum absolute atomic E-state index is 0.0179. The van der Waals surface area contributed by atoms with E-state index in [2.05, 4.69) is 11.8 Å². The Balaban J connectivity index is 2.35. The third-order valence-electron chi connectivity index (χ3n) is 4.12. The van der Waals surface area contributed by atoms with E-state index in [0.717, 1.165) is 0 Å². The number of hydrogen-bond donors (Lipinski definition) is 3. The average molecular weight is 426 g/mol. The van der Waals surface area contributed by atoms with Gasteiger partial charge in [0.2, 0.25) is 10.0 Å².